The smallest absolute Gasteiger partial charge is 0.227 e. The van der Waals surface area contributed by atoms with E-state index in [0.29, 0.717) is 18.4 Å². The van der Waals surface area contributed by atoms with E-state index in [1.807, 2.05) is 13.8 Å². The molecular weight excluding hydrogens is 262 g/mol. The first-order valence-corrected chi connectivity index (χ1v) is 7.13. The minimum Gasteiger partial charge on any atom is -0.472 e. The van der Waals surface area contributed by atoms with Gasteiger partial charge in [-0.3, -0.25) is 0 Å². The van der Waals surface area contributed by atoms with Gasteiger partial charge in [-0.25, -0.2) is 4.98 Å². The van der Waals surface area contributed by atoms with Crippen molar-refractivity contribution in [2.24, 2.45) is 0 Å². The van der Waals surface area contributed by atoms with Crippen molar-refractivity contribution in [2.75, 3.05) is 25.6 Å². The molecule has 0 fully saturated rings. The molecule has 2 aromatic heterocycles. The summed E-state index contributed by atoms with van der Waals surface area (Å²) in [5.41, 5.74) is 0. The van der Waals surface area contributed by atoms with Gasteiger partial charge < -0.3 is 14.8 Å². The second-order valence-corrected chi connectivity index (χ2v) is 5.58. The minimum absolute atomic E-state index is 0.0437. The van der Waals surface area contributed by atoms with Gasteiger partial charge in [0.25, 0.3) is 0 Å². The van der Waals surface area contributed by atoms with E-state index in [-0.39, 0.29) is 6.10 Å². The average Bonchev–Trinajstić information content (AvgIpc) is 2.70. The van der Waals surface area contributed by atoms with Crippen LogP contribution in [0.3, 0.4) is 0 Å². The molecule has 1 unspecified atom stereocenters. The monoisotopic (exact) mass is 281 g/mol. The number of aromatic nitrogens is 2. The van der Waals surface area contributed by atoms with Gasteiger partial charge in [0.15, 0.2) is 0 Å². The van der Waals surface area contributed by atoms with Crippen LogP contribution in [0.1, 0.15) is 18.7 Å². The van der Waals surface area contributed by atoms with Gasteiger partial charge in [0.1, 0.15) is 10.9 Å². The highest BCUT2D eigenvalue weighted by molar-refractivity contribution is 7.18. The predicted octanol–water partition coefficient (Wildman–Crippen LogP) is 2.85. The Bertz CT molecular complexity index is 556. The molecule has 0 radical (unpaired) electrons. The number of nitrogens with one attached hydrogen (secondary N) is 1. The van der Waals surface area contributed by atoms with E-state index in [1.165, 1.54) is 4.88 Å². The van der Waals surface area contributed by atoms with E-state index < -0.39 is 0 Å². The van der Waals surface area contributed by atoms with Crippen LogP contribution in [0.15, 0.2) is 6.07 Å². The Labute approximate surface area is 117 Å². The zero-order valence-electron chi connectivity index (χ0n) is 11.7. The summed E-state index contributed by atoms with van der Waals surface area (Å²) in [5.74, 6) is 1.23. The third kappa shape index (κ3) is 3.33. The number of fused-ring (bicyclic) bond motifs is 1. The molecule has 0 aromatic carbocycles. The summed E-state index contributed by atoms with van der Waals surface area (Å²) in [5, 5.41) is 4.09. The summed E-state index contributed by atoms with van der Waals surface area (Å²) in [6.07, 6.45) is -0.0437. The molecule has 0 bridgehead atoms. The predicted molar refractivity (Wildman–Crippen MR) is 78.3 cm³/mol. The normalized spacial score (nSPS) is 12.6. The van der Waals surface area contributed by atoms with Crippen molar-refractivity contribution in [1.82, 2.24) is 9.97 Å². The molecule has 1 atom stereocenters. The maximum atomic E-state index is 5.86. The van der Waals surface area contributed by atoms with Crippen LogP contribution in [0, 0.1) is 6.92 Å². The number of thiophene rings is 1. The van der Waals surface area contributed by atoms with Crippen LogP contribution in [0.2, 0.25) is 0 Å². The summed E-state index contributed by atoms with van der Waals surface area (Å²) < 4.78 is 10.9. The highest BCUT2D eigenvalue weighted by Gasteiger charge is 2.14. The van der Waals surface area contributed by atoms with E-state index in [1.54, 1.807) is 18.4 Å². The summed E-state index contributed by atoms with van der Waals surface area (Å²) in [6.45, 7) is 7.35. The SMILES string of the molecule is CCNc1nc(OC(C)COC)c2cc(C)sc2n1. The van der Waals surface area contributed by atoms with E-state index in [4.69, 9.17) is 9.47 Å². The highest BCUT2D eigenvalue weighted by Crippen LogP contribution is 2.31. The van der Waals surface area contributed by atoms with E-state index in [9.17, 15) is 0 Å². The second-order valence-electron chi connectivity index (χ2n) is 4.34. The molecule has 2 rings (SSSR count). The molecule has 0 aliphatic rings. The highest BCUT2D eigenvalue weighted by atomic mass is 32.1. The number of methoxy groups -OCH3 is 1. The van der Waals surface area contributed by atoms with E-state index >= 15 is 0 Å². The Balaban J connectivity index is 2.37. The molecule has 0 saturated heterocycles. The first-order chi connectivity index (χ1) is 9.13. The molecule has 19 heavy (non-hydrogen) atoms. The summed E-state index contributed by atoms with van der Waals surface area (Å²) in [7, 11) is 1.66. The molecule has 2 heterocycles. The molecule has 0 amide bonds. The number of ether oxygens (including phenoxy) is 2. The lowest BCUT2D eigenvalue weighted by Gasteiger charge is -2.14. The third-order valence-corrected chi connectivity index (χ3v) is 3.47. The molecule has 6 heteroatoms. The number of hydrogen-bond acceptors (Lipinski definition) is 6. The maximum Gasteiger partial charge on any atom is 0.227 e. The molecule has 0 aliphatic heterocycles. The number of anilines is 1. The molecule has 1 N–H and O–H groups in total. The lowest BCUT2D eigenvalue weighted by Crippen LogP contribution is -2.19. The first kappa shape index (κ1) is 14.0. The van der Waals surface area contributed by atoms with Gasteiger partial charge >= 0.3 is 0 Å². The van der Waals surface area contributed by atoms with Crippen LogP contribution in [-0.2, 0) is 4.74 Å². The first-order valence-electron chi connectivity index (χ1n) is 6.31. The topological polar surface area (TPSA) is 56.3 Å². The number of hydrogen-bond donors (Lipinski definition) is 1. The van der Waals surface area contributed by atoms with Gasteiger partial charge in [0.2, 0.25) is 11.8 Å². The lowest BCUT2D eigenvalue weighted by atomic mass is 10.3. The van der Waals surface area contributed by atoms with Crippen molar-refractivity contribution < 1.29 is 9.47 Å². The molecule has 5 nitrogen and oxygen atoms in total. The zero-order valence-corrected chi connectivity index (χ0v) is 12.5. The Morgan fingerprint density at radius 3 is 2.89 bits per heavy atom. The number of nitrogens with zero attached hydrogens (tertiary/aromatic N) is 2. The minimum atomic E-state index is -0.0437. The van der Waals surface area contributed by atoms with Crippen molar-refractivity contribution in [2.45, 2.75) is 26.9 Å². The number of rotatable bonds is 6. The van der Waals surface area contributed by atoms with Crippen LogP contribution in [-0.4, -0.2) is 36.3 Å². The number of aryl methyl sites for hydroxylation is 1. The van der Waals surface area contributed by atoms with Gasteiger partial charge in [-0.05, 0) is 26.8 Å². The summed E-state index contributed by atoms with van der Waals surface area (Å²) in [6, 6.07) is 2.06. The average molecular weight is 281 g/mol. The van der Waals surface area contributed by atoms with Crippen molar-refractivity contribution in [3.8, 4) is 5.88 Å². The fraction of sp³-hybridized carbons (Fsp3) is 0.538. The van der Waals surface area contributed by atoms with Crippen LogP contribution < -0.4 is 10.1 Å². The largest absolute Gasteiger partial charge is 0.472 e. The Morgan fingerprint density at radius 1 is 1.42 bits per heavy atom. The van der Waals surface area contributed by atoms with Gasteiger partial charge in [-0.15, -0.1) is 11.3 Å². The van der Waals surface area contributed by atoms with E-state index in [0.717, 1.165) is 16.8 Å². The summed E-state index contributed by atoms with van der Waals surface area (Å²) in [4.78, 5) is 11.1. The van der Waals surface area contributed by atoms with Gasteiger partial charge in [-0.1, -0.05) is 0 Å². The molecular formula is C13H19N3O2S. The molecule has 0 spiro atoms. The maximum absolute atomic E-state index is 5.86. The van der Waals surface area contributed by atoms with Crippen LogP contribution in [0.25, 0.3) is 10.2 Å². The molecule has 0 saturated carbocycles. The van der Waals surface area contributed by atoms with Crippen LogP contribution in [0.5, 0.6) is 5.88 Å². The van der Waals surface area contributed by atoms with Crippen molar-refractivity contribution >= 4 is 27.5 Å². The van der Waals surface area contributed by atoms with Gasteiger partial charge in [0.05, 0.1) is 12.0 Å². The Morgan fingerprint density at radius 2 is 2.21 bits per heavy atom. The second kappa shape index (κ2) is 6.16. The lowest BCUT2D eigenvalue weighted by molar-refractivity contribution is 0.0902. The standard InChI is InChI=1S/C13H19N3O2S/c1-5-14-13-15-11(18-8(2)7-17-4)10-6-9(3)19-12(10)16-13/h6,8H,5,7H2,1-4H3,(H,14,15,16). The Hall–Kier alpha value is -1.40. The molecule has 2 aromatic rings. The van der Waals surface area contributed by atoms with Crippen molar-refractivity contribution in [3.05, 3.63) is 10.9 Å². The van der Waals surface area contributed by atoms with Gasteiger partial charge in [0, 0.05) is 18.5 Å². The van der Waals surface area contributed by atoms with Crippen molar-refractivity contribution in [3.63, 3.8) is 0 Å². The van der Waals surface area contributed by atoms with Crippen LogP contribution in [0.4, 0.5) is 5.95 Å². The quantitative estimate of drug-likeness (QED) is 0.882. The third-order valence-electron chi connectivity index (χ3n) is 2.53. The Kier molecular flexibility index (Phi) is 4.55. The fourth-order valence-electron chi connectivity index (χ4n) is 1.80. The molecule has 104 valence electrons. The van der Waals surface area contributed by atoms with Crippen LogP contribution >= 0.6 is 11.3 Å². The molecule has 0 aliphatic carbocycles. The summed E-state index contributed by atoms with van der Waals surface area (Å²) >= 11 is 1.64. The van der Waals surface area contributed by atoms with Crippen molar-refractivity contribution in [1.29, 1.82) is 0 Å². The fourth-order valence-corrected chi connectivity index (χ4v) is 2.67. The van der Waals surface area contributed by atoms with E-state index in [2.05, 4.69) is 28.3 Å². The zero-order chi connectivity index (χ0) is 13.8. The van der Waals surface area contributed by atoms with Gasteiger partial charge in [-0.2, -0.15) is 4.98 Å².